The molecule has 1 aliphatic heterocycles. The minimum absolute atomic E-state index is 0.105. The maximum atomic E-state index is 11.2. The number of rotatable bonds is 3. The number of carbonyl (C=O) groups is 1. The van der Waals surface area contributed by atoms with Crippen LogP contribution >= 0.6 is 0 Å². The van der Waals surface area contributed by atoms with Crippen molar-refractivity contribution in [1.29, 1.82) is 0 Å². The molecule has 1 aromatic carbocycles. The Balaban J connectivity index is 2.15. The number of hydrogen-bond donors (Lipinski definition) is 1. The molecular formula is C16H20N2O3. The van der Waals surface area contributed by atoms with Crippen molar-refractivity contribution in [3.05, 3.63) is 29.6 Å². The van der Waals surface area contributed by atoms with Crippen molar-refractivity contribution in [1.82, 2.24) is 9.55 Å². The normalized spacial score (nSPS) is 18.7. The van der Waals surface area contributed by atoms with Crippen molar-refractivity contribution in [3.63, 3.8) is 0 Å². The van der Waals surface area contributed by atoms with Gasteiger partial charge in [0.15, 0.2) is 0 Å². The molecule has 2 heterocycles. The molecule has 2 aromatic rings. The molecule has 112 valence electrons. The van der Waals surface area contributed by atoms with E-state index in [1.807, 2.05) is 0 Å². The van der Waals surface area contributed by atoms with E-state index in [0.717, 1.165) is 36.4 Å². The smallest absolute Gasteiger partial charge is 0.335 e. The Labute approximate surface area is 123 Å². The summed E-state index contributed by atoms with van der Waals surface area (Å²) in [6.07, 6.45) is 1.25. The van der Waals surface area contributed by atoms with E-state index < -0.39 is 5.97 Å². The monoisotopic (exact) mass is 288 g/mol. The molecule has 0 radical (unpaired) electrons. The molecule has 0 aliphatic carbocycles. The van der Waals surface area contributed by atoms with Gasteiger partial charge in [-0.25, -0.2) is 9.78 Å². The lowest BCUT2D eigenvalue weighted by Gasteiger charge is -2.29. The predicted molar refractivity (Wildman–Crippen MR) is 79.7 cm³/mol. The van der Waals surface area contributed by atoms with Crippen LogP contribution in [-0.2, 0) is 16.7 Å². The van der Waals surface area contributed by atoms with Gasteiger partial charge in [-0.05, 0) is 24.6 Å². The van der Waals surface area contributed by atoms with Crippen LogP contribution in [0.1, 0.15) is 43.4 Å². The summed E-state index contributed by atoms with van der Waals surface area (Å²) in [7, 11) is 0. The van der Waals surface area contributed by atoms with Crippen LogP contribution in [0.5, 0.6) is 0 Å². The van der Waals surface area contributed by atoms with Crippen LogP contribution < -0.4 is 0 Å². The molecule has 0 bridgehead atoms. The van der Waals surface area contributed by atoms with E-state index in [1.54, 1.807) is 18.2 Å². The summed E-state index contributed by atoms with van der Waals surface area (Å²) in [4.78, 5) is 15.9. The Kier molecular flexibility index (Phi) is 3.24. The predicted octanol–water partition coefficient (Wildman–Crippen LogP) is 2.82. The van der Waals surface area contributed by atoms with E-state index >= 15 is 0 Å². The second-order valence-electron chi connectivity index (χ2n) is 6.59. The van der Waals surface area contributed by atoms with Crippen LogP contribution in [0.3, 0.4) is 0 Å². The average Bonchev–Trinajstić information content (AvgIpc) is 2.71. The van der Waals surface area contributed by atoms with Gasteiger partial charge in [0.05, 0.1) is 29.2 Å². The van der Waals surface area contributed by atoms with E-state index in [9.17, 15) is 9.90 Å². The largest absolute Gasteiger partial charge is 0.478 e. The van der Waals surface area contributed by atoms with Crippen molar-refractivity contribution >= 4 is 17.0 Å². The first-order valence-corrected chi connectivity index (χ1v) is 7.22. The van der Waals surface area contributed by atoms with Crippen molar-refractivity contribution in [2.75, 3.05) is 6.61 Å². The maximum absolute atomic E-state index is 11.2. The Bertz CT molecular complexity index is 693. The molecule has 0 unspecified atom stereocenters. The molecule has 21 heavy (non-hydrogen) atoms. The van der Waals surface area contributed by atoms with Crippen LogP contribution in [-0.4, -0.2) is 33.3 Å². The molecule has 0 spiro atoms. The molecule has 0 amide bonds. The molecule has 1 aliphatic rings. The fourth-order valence-corrected chi connectivity index (χ4v) is 2.65. The van der Waals surface area contributed by atoms with Gasteiger partial charge in [0.2, 0.25) is 0 Å². The fraction of sp³-hybridized carbons (Fsp3) is 0.500. The highest BCUT2D eigenvalue weighted by atomic mass is 16.5. The molecule has 1 atom stereocenters. The zero-order valence-corrected chi connectivity index (χ0v) is 12.6. The first-order chi connectivity index (χ1) is 9.86. The molecule has 5 heteroatoms. The Hall–Kier alpha value is -1.88. The molecule has 1 N–H and O–H groups in total. The topological polar surface area (TPSA) is 64.3 Å². The number of nitrogens with zero attached hydrogens (tertiary/aromatic N) is 2. The number of aromatic carboxylic acids is 1. The SMILES string of the molecule is CC(C)(C)c1nc2ccc(C(=O)O)cc2n1C[C@@H]1CCO1. The Morgan fingerprint density at radius 3 is 2.71 bits per heavy atom. The third kappa shape index (κ3) is 2.53. The fourth-order valence-electron chi connectivity index (χ4n) is 2.65. The number of fused-ring (bicyclic) bond motifs is 1. The van der Waals surface area contributed by atoms with Crippen molar-refractivity contribution in [3.8, 4) is 0 Å². The molecule has 1 saturated heterocycles. The standard InChI is InChI=1S/C16H20N2O3/c1-16(2,3)15-17-12-5-4-10(14(19)20)8-13(12)18(15)9-11-6-7-21-11/h4-5,8,11H,6-7,9H2,1-3H3,(H,19,20)/t11-/m0/s1. The lowest BCUT2D eigenvalue weighted by atomic mass is 9.95. The number of carboxylic acid groups (broad SMARTS) is 1. The van der Waals surface area contributed by atoms with Crippen LogP contribution in [0, 0.1) is 0 Å². The second-order valence-corrected chi connectivity index (χ2v) is 6.59. The van der Waals surface area contributed by atoms with Gasteiger partial charge in [-0.15, -0.1) is 0 Å². The van der Waals surface area contributed by atoms with Gasteiger partial charge in [0, 0.05) is 12.0 Å². The summed E-state index contributed by atoms with van der Waals surface area (Å²) >= 11 is 0. The van der Waals surface area contributed by atoms with Gasteiger partial charge in [-0.2, -0.15) is 0 Å². The number of carboxylic acids is 1. The molecule has 1 fully saturated rings. The number of hydrogen-bond acceptors (Lipinski definition) is 3. The number of imidazole rings is 1. The summed E-state index contributed by atoms with van der Waals surface area (Å²) < 4.78 is 7.65. The van der Waals surface area contributed by atoms with E-state index in [4.69, 9.17) is 9.72 Å². The van der Waals surface area contributed by atoms with E-state index in [2.05, 4.69) is 25.3 Å². The van der Waals surface area contributed by atoms with Crippen LogP contribution in [0.2, 0.25) is 0 Å². The zero-order valence-electron chi connectivity index (χ0n) is 12.6. The summed E-state index contributed by atoms with van der Waals surface area (Å²) in [6, 6.07) is 5.10. The van der Waals surface area contributed by atoms with E-state index in [1.165, 1.54) is 0 Å². The van der Waals surface area contributed by atoms with Gasteiger partial charge in [-0.3, -0.25) is 0 Å². The van der Waals surface area contributed by atoms with Crippen LogP contribution in [0.4, 0.5) is 0 Å². The zero-order chi connectivity index (χ0) is 15.2. The highest BCUT2D eigenvalue weighted by molar-refractivity contribution is 5.92. The Morgan fingerprint density at radius 1 is 1.48 bits per heavy atom. The second kappa shape index (κ2) is 4.84. The Morgan fingerprint density at radius 2 is 2.19 bits per heavy atom. The van der Waals surface area contributed by atoms with Gasteiger partial charge in [0.1, 0.15) is 5.82 Å². The van der Waals surface area contributed by atoms with Crippen molar-refractivity contribution in [2.45, 2.75) is 45.3 Å². The molecule has 1 aromatic heterocycles. The third-order valence-corrected chi connectivity index (χ3v) is 3.85. The summed E-state index contributed by atoms with van der Waals surface area (Å²) in [5.41, 5.74) is 1.89. The van der Waals surface area contributed by atoms with E-state index in [0.29, 0.717) is 5.56 Å². The number of aromatic nitrogens is 2. The van der Waals surface area contributed by atoms with Gasteiger partial charge < -0.3 is 14.4 Å². The first-order valence-electron chi connectivity index (χ1n) is 7.22. The molecule has 3 rings (SSSR count). The molecule has 5 nitrogen and oxygen atoms in total. The third-order valence-electron chi connectivity index (χ3n) is 3.85. The average molecular weight is 288 g/mol. The van der Waals surface area contributed by atoms with Crippen molar-refractivity contribution < 1.29 is 14.6 Å². The number of ether oxygens (including phenoxy) is 1. The molecular weight excluding hydrogens is 268 g/mol. The van der Waals surface area contributed by atoms with Crippen LogP contribution in [0.15, 0.2) is 18.2 Å². The highest BCUT2D eigenvalue weighted by Gasteiger charge is 2.27. The molecule has 0 saturated carbocycles. The number of benzene rings is 1. The van der Waals surface area contributed by atoms with Gasteiger partial charge in [0.25, 0.3) is 0 Å². The van der Waals surface area contributed by atoms with Crippen molar-refractivity contribution in [2.24, 2.45) is 0 Å². The van der Waals surface area contributed by atoms with Gasteiger partial charge in [-0.1, -0.05) is 20.8 Å². The summed E-state index contributed by atoms with van der Waals surface area (Å²) in [5, 5.41) is 9.19. The summed E-state index contributed by atoms with van der Waals surface area (Å²) in [6.45, 7) is 7.88. The van der Waals surface area contributed by atoms with E-state index in [-0.39, 0.29) is 11.5 Å². The maximum Gasteiger partial charge on any atom is 0.335 e. The quantitative estimate of drug-likeness (QED) is 0.943. The first kappa shape index (κ1) is 14.1. The highest BCUT2D eigenvalue weighted by Crippen LogP contribution is 2.29. The van der Waals surface area contributed by atoms with Crippen LogP contribution in [0.25, 0.3) is 11.0 Å². The minimum atomic E-state index is -0.915. The summed E-state index contributed by atoms with van der Waals surface area (Å²) in [5.74, 6) is 0.0531. The lowest BCUT2D eigenvalue weighted by molar-refractivity contribution is -0.0592. The minimum Gasteiger partial charge on any atom is -0.478 e. The van der Waals surface area contributed by atoms with Gasteiger partial charge >= 0.3 is 5.97 Å². The lowest BCUT2D eigenvalue weighted by Crippen LogP contribution is -2.33.